The predicted octanol–water partition coefficient (Wildman–Crippen LogP) is 1.53. The minimum Gasteiger partial charge on any atom is -0.381 e. The third-order valence-corrected chi connectivity index (χ3v) is 4.47. The van der Waals surface area contributed by atoms with Crippen molar-refractivity contribution in [2.75, 3.05) is 19.6 Å². The largest absolute Gasteiger partial charge is 0.381 e. The molecule has 0 aromatic heterocycles. The molecule has 4 heteroatoms. The summed E-state index contributed by atoms with van der Waals surface area (Å²) in [6.45, 7) is 6.47. The smallest absolute Gasteiger partial charge is 0.251 e. The average molecular weight is 268 g/mol. The molecule has 0 bridgehead atoms. The average Bonchev–Trinajstić information content (AvgIpc) is 2.83. The number of amides is 1. The number of nitrogens with zero attached hydrogens (tertiary/aromatic N) is 1. The minimum absolute atomic E-state index is 0.235. The number of aliphatic hydroxyl groups is 1. The van der Waals surface area contributed by atoms with Gasteiger partial charge >= 0.3 is 0 Å². The van der Waals surface area contributed by atoms with Gasteiger partial charge in [0, 0.05) is 25.7 Å². The number of hydrogen-bond acceptors (Lipinski definition) is 3. The van der Waals surface area contributed by atoms with Crippen LogP contribution in [0.25, 0.3) is 0 Å². The molecule has 1 aliphatic carbocycles. The molecule has 0 unspecified atom stereocenters. The molecule has 0 aromatic rings. The summed E-state index contributed by atoms with van der Waals surface area (Å²) in [6, 6.07) is 0.235. The van der Waals surface area contributed by atoms with Crippen molar-refractivity contribution in [2.24, 2.45) is 5.92 Å². The van der Waals surface area contributed by atoms with Gasteiger partial charge in [-0.15, -0.1) is 0 Å². The highest BCUT2D eigenvalue weighted by molar-refractivity contribution is 5.84. The standard InChI is InChI=1S/C15H28N2O2/c1-15(2,19)14(18)16-13-7-9-17(10-8-13)11-12-5-3-4-6-12/h12-13,19H,3-11H2,1-2H3,(H,16,18). The lowest BCUT2D eigenvalue weighted by Crippen LogP contribution is -2.50. The number of carbonyl (C=O) groups is 1. The van der Waals surface area contributed by atoms with Gasteiger partial charge in [-0.3, -0.25) is 4.79 Å². The molecule has 2 fully saturated rings. The molecule has 2 rings (SSSR count). The molecule has 2 aliphatic rings. The van der Waals surface area contributed by atoms with E-state index in [1.54, 1.807) is 0 Å². The van der Waals surface area contributed by atoms with Crippen LogP contribution in [-0.2, 0) is 4.79 Å². The van der Waals surface area contributed by atoms with E-state index in [4.69, 9.17) is 0 Å². The number of nitrogens with one attached hydrogen (secondary N) is 1. The Morgan fingerprint density at radius 3 is 2.32 bits per heavy atom. The Morgan fingerprint density at radius 2 is 1.79 bits per heavy atom. The molecule has 1 heterocycles. The normalized spacial score (nSPS) is 23.7. The van der Waals surface area contributed by atoms with Crippen LogP contribution < -0.4 is 5.32 Å². The topological polar surface area (TPSA) is 52.6 Å². The Hall–Kier alpha value is -0.610. The fourth-order valence-electron chi connectivity index (χ4n) is 3.18. The van der Waals surface area contributed by atoms with E-state index in [0.29, 0.717) is 0 Å². The first-order valence-electron chi connectivity index (χ1n) is 7.71. The van der Waals surface area contributed by atoms with Crippen molar-refractivity contribution in [3.63, 3.8) is 0 Å². The van der Waals surface area contributed by atoms with Crippen molar-refractivity contribution in [3.8, 4) is 0 Å². The zero-order valence-electron chi connectivity index (χ0n) is 12.3. The quantitative estimate of drug-likeness (QED) is 0.813. The van der Waals surface area contributed by atoms with Crippen LogP contribution in [0.4, 0.5) is 0 Å². The molecule has 1 saturated carbocycles. The van der Waals surface area contributed by atoms with Gasteiger partial charge in [-0.25, -0.2) is 0 Å². The van der Waals surface area contributed by atoms with Crippen molar-refractivity contribution >= 4 is 5.91 Å². The maximum Gasteiger partial charge on any atom is 0.251 e. The highest BCUT2D eigenvalue weighted by atomic mass is 16.3. The number of rotatable bonds is 4. The fourth-order valence-corrected chi connectivity index (χ4v) is 3.18. The zero-order chi connectivity index (χ0) is 13.9. The summed E-state index contributed by atoms with van der Waals surface area (Å²) in [4.78, 5) is 14.3. The Morgan fingerprint density at radius 1 is 1.21 bits per heavy atom. The van der Waals surface area contributed by atoms with Crippen molar-refractivity contribution in [1.82, 2.24) is 10.2 Å². The van der Waals surface area contributed by atoms with Gasteiger partial charge in [-0.2, -0.15) is 0 Å². The van der Waals surface area contributed by atoms with E-state index in [1.165, 1.54) is 46.1 Å². The van der Waals surface area contributed by atoms with Crippen LogP contribution in [0.3, 0.4) is 0 Å². The molecule has 19 heavy (non-hydrogen) atoms. The van der Waals surface area contributed by atoms with Crippen LogP contribution in [0.5, 0.6) is 0 Å². The summed E-state index contributed by atoms with van der Waals surface area (Å²) in [5.41, 5.74) is -1.26. The lowest BCUT2D eigenvalue weighted by atomic mass is 10.0. The lowest BCUT2D eigenvalue weighted by molar-refractivity contribution is -0.137. The monoisotopic (exact) mass is 268 g/mol. The van der Waals surface area contributed by atoms with Crippen molar-refractivity contribution in [1.29, 1.82) is 0 Å². The number of likely N-dealkylation sites (tertiary alicyclic amines) is 1. The van der Waals surface area contributed by atoms with Gasteiger partial charge in [-0.05, 0) is 45.4 Å². The maximum atomic E-state index is 11.7. The molecule has 2 N–H and O–H groups in total. The summed E-state index contributed by atoms with van der Waals surface area (Å²) in [5.74, 6) is 0.657. The molecule has 0 aromatic carbocycles. The second-order valence-corrected chi connectivity index (χ2v) is 6.76. The lowest BCUT2D eigenvalue weighted by Gasteiger charge is -2.34. The van der Waals surface area contributed by atoms with Crippen LogP contribution in [0.2, 0.25) is 0 Å². The molecule has 0 spiro atoms. The molecule has 110 valence electrons. The highest BCUT2D eigenvalue weighted by Crippen LogP contribution is 2.26. The first kappa shape index (κ1) is 14.8. The van der Waals surface area contributed by atoms with Gasteiger partial charge < -0.3 is 15.3 Å². The molecule has 0 radical (unpaired) electrons. The van der Waals surface area contributed by atoms with Gasteiger partial charge in [-0.1, -0.05) is 12.8 Å². The van der Waals surface area contributed by atoms with Crippen molar-refractivity contribution in [2.45, 2.75) is 64.0 Å². The number of hydrogen-bond donors (Lipinski definition) is 2. The highest BCUT2D eigenvalue weighted by Gasteiger charge is 2.28. The van der Waals surface area contributed by atoms with Crippen LogP contribution in [-0.4, -0.2) is 47.2 Å². The third-order valence-electron chi connectivity index (χ3n) is 4.47. The molecular formula is C15H28N2O2. The molecule has 0 atom stereocenters. The van der Waals surface area contributed by atoms with E-state index in [1.807, 2.05) is 0 Å². The molecule has 4 nitrogen and oxygen atoms in total. The summed E-state index contributed by atoms with van der Waals surface area (Å²) >= 11 is 0. The molecule has 1 saturated heterocycles. The first-order chi connectivity index (χ1) is 8.95. The predicted molar refractivity (Wildman–Crippen MR) is 75.9 cm³/mol. The van der Waals surface area contributed by atoms with Crippen molar-refractivity contribution in [3.05, 3.63) is 0 Å². The first-order valence-corrected chi connectivity index (χ1v) is 7.71. The zero-order valence-corrected chi connectivity index (χ0v) is 12.3. The van der Waals surface area contributed by atoms with Gasteiger partial charge in [0.2, 0.25) is 0 Å². The Labute approximate surface area is 116 Å². The van der Waals surface area contributed by atoms with Gasteiger partial charge in [0.1, 0.15) is 5.60 Å². The number of piperidine rings is 1. The second kappa shape index (κ2) is 6.23. The second-order valence-electron chi connectivity index (χ2n) is 6.76. The fraction of sp³-hybridized carbons (Fsp3) is 0.933. The summed E-state index contributed by atoms with van der Waals surface area (Å²) < 4.78 is 0. The van der Waals surface area contributed by atoms with E-state index < -0.39 is 5.60 Å². The van der Waals surface area contributed by atoms with E-state index in [-0.39, 0.29) is 11.9 Å². The summed E-state index contributed by atoms with van der Waals surface area (Å²) in [5, 5.41) is 12.6. The van der Waals surface area contributed by atoms with Crippen LogP contribution in [0, 0.1) is 5.92 Å². The van der Waals surface area contributed by atoms with E-state index >= 15 is 0 Å². The van der Waals surface area contributed by atoms with E-state index in [2.05, 4.69) is 10.2 Å². The van der Waals surface area contributed by atoms with E-state index in [9.17, 15) is 9.90 Å². The summed E-state index contributed by atoms with van der Waals surface area (Å²) in [6.07, 6.45) is 7.62. The van der Waals surface area contributed by atoms with Crippen molar-refractivity contribution < 1.29 is 9.90 Å². The molecule has 1 aliphatic heterocycles. The molecule has 1 amide bonds. The molecular weight excluding hydrogens is 240 g/mol. The maximum absolute atomic E-state index is 11.7. The van der Waals surface area contributed by atoms with E-state index in [0.717, 1.165) is 31.8 Å². The third kappa shape index (κ3) is 4.46. The van der Waals surface area contributed by atoms with Crippen LogP contribution in [0.15, 0.2) is 0 Å². The Bertz CT molecular complexity index is 298. The van der Waals surface area contributed by atoms with Gasteiger partial charge in [0.05, 0.1) is 0 Å². The Kier molecular flexibility index (Phi) is 4.85. The van der Waals surface area contributed by atoms with Crippen LogP contribution >= 0.6 is 0 Å². The van der Waals surface area contributed by atoms with Gasteiger partial charge in [0.15, 0.2) is 0 Å². The van der Waals surface area contributed by atoms with Gasteiger partial charge in [0.25, 0.3) is 5.91 Å². The number of carbonyl (C=O) groups excluding carboxylic acids is 1. The minimum atomic E-state index is -1.26. The SMILES string of the molecule is CC(C)(O)C(=O)NC1CCN(CC2CCCC2)CC1. The summed E-state index contributed by atoms with van der Waals surface area (Å²) in [7, 11) is 0. The Balaban J connectivity index is 1.68. The van der Waals surface area contributed by atoms with Crippen LogP contribution in [0.1, 0.15) is 52.4 Å².